The lowest BCUT2D eigenvalue weighted by atomic mass is 10.1. The van der Waals surface area contributed by atoms with Gasteiger partial charge in [0.2, 0.25) is 0 Å². The molecule has 0 radical (unpaired) electrons. The largest absolute Gasteiger partial charge is 0.322 e. The van der Waals surface area contributed by atoms with Gasteiger partial charge in [0.1, 0.15) is 0 Å². The Balaban J connectivity index is 2.22. The molecule has 0 unspecified atom stereocenters. The molecule has 0 saturated heterocycles. The highest BCUT2D eigenvalue weighted by Gasteiger charge is 2.11. The van der Waals surface area contributed by atoms with E-state index >= 15 is 0 Å². The van der Waals surface area contributed by atoms with E-state index in [-0.39, 0.29) is 5.91 Å². The monoisotopic (exact) mass is 298 g/mol. The number of carbonyl (C=O) groups excluding carboxylic acids is 1. The molecule has 4 heteroatoms. The fourth-order valence-corrected chi connectivity index (χ4v) is 2.05. The molecule has 0 bridgehead atoms. The van der Waals surface area contributed by atoms with Gasteiger partial charge in [0, 0.05) is 21.8 Å². The number of amides is 1. The van der Waals surface area contributed by atoms with Crippen LogP contribution < -0.4 is 11.1 Å². The summed E-state index contributed by atoms with van der Waals surface area (Å²) in [6, 6.07) is 12.6. The molecule has 3 N–H and O–H groups in total. The zero-order valence-electron chi connectivity index (χ0n) is 11.6. The minimum Gasteiger partial charge on any atom is -0.322 e. The average molecular weight is 299 g/mol. The van der Waals surface area contributed by atoms with Crippen molar-refractivity contribution < 1.29 is 4.79 Å². The van der Waals surface area contributed by atoms with E-state index < -0.39 is 0 Å². The molecule has 0 aromatic heterocycles. The van der Waals surface area contributed by atoms with Crippen molar-refractivity contribution in [2.45, 2.75) is 6.92 Å². The van der Waals surface area contributed by atoms with Crippen molar-refractivity contribution in [3.05, 3.63) is 64.2 Å². The number of nitrogens with two attached hydrogens (primary N) is 1. The summed E-state index contributed by atoms with van der Waals surface area (Å²) in [5.74, 6) is 5.52. The number of nitrogens with one attached hydrogen (secondary N) is 1. The molecule has 106 valence electrons. The van der Waals surface area contributed by atoms with Gasteiger partial charge in [0.15, 0.2) is 0 Å². The van der Waals surface area contributed by atoms with Gasteiger partial charge in [0.05, 0.1) is 6.54 Å². The third kappa shape index (κ3) is 3.85. The van der Waals surface area contributed by atoms with E-state index in [9.17, 15) is 4.79 Å². The Morgan fingerprint density at radius 2 is 2.05 bits per heavy atom. The van der Waals surface area contributed by atoms with E-state index in [1.54, 1.807) is 24.3 Å². The molecule has 0 heterocycles. The Kier molecular flexibility index (Phi) is 4.99. The van der Waals surface area contributed by atoms with Crippen molar-refractivity contribution in [3.8, 4) is 11.8 Å². The summed E-state index contributed by atoms with van der Waals surface area (Å²) in [7, 11) is 0. The lowest BCUT2D eigenvalue weighted by Gasteiger charge is -2.09. The topological polar surface area (TPSA) is 55.1 Å². The standard InChI is InChI=1S/C17H15ClN2O/c1-12-15(8-3-9-16(12)18)17(21)20-14-7-2-5-13(11-14)6-4-10-19/h2-3,5,7-9,11H,10,19H2,1H3,(H,20,21). The molecule has 2 aromatic rings. The van der Waals surface area contributed by atoms with E-state index in [0.29, 0.717) is 22.8 Å². The van der Waals surface area contributed by atoms with Gasteiger partial charge in [0.25, 0.3) is 5.91 Å². The highest BCUT2D eigenvalue weighted by molar-refractivity contribution is 6.32. The lowest BCUT2D eigenvalue weighted by molar-refractivity contribution is 0.102. The average Bonchev–Trinajstić information content (AvgIpc) is 2.48. The zero-order valence-corrected chi connectivity index (χ0v) is 12.4. The Labute approximate surface area is 129 Å². The number of hydrogen-bond acceptors (Lipinski definition) is 2. The molecular formula is C17H15ClN2O. The summed E-state index contributed by atoms with van der Waals surface area (Å²) in [6.45, 7) is 2.12. The van der Waals surface area contributed by atoms with Crippen LogP contribution in [0.3, 0.4) is 0 Å². The molecule has 21 heavy (non-hydrogen) atoms. The number of hydrogen-bond donors (Lipinski definition) is 2. The predicted octanol–water partition coefficient (Wildman–Crippen LogP) is 3.21. The number of carbonyl (C=O) groups is 1. The molecule has 0 atom stereocenters. The van der Waals surface area contributed by atoms with Crippen molar-refractivity contribution in [1.29, 1.82) is 0 Å². The van der Waals surface area contributed by atoms with Gasteiger partial charge in [-0.05, 0) is 42.8 Å². The van der Waals surface area contributed by atoms with Crippen LogP contribution in [-0.2, 0) is 0 Å². The first-order valence-electron chi connectivity index (χ1n) is 6.47. The summed E-state index contributed by atoms with van der Waals surface area (Å²) in [4.78, 5) is 12.3. The van der Waals surface area contributed by atoms with E-state index in [0.717, 1.165) is 11.1 Å². The first-order chi connectivity index (χ1) is 10.1. The molecule has 1 amide bonds. The maximum absolute atomic E-state index is 12.3. The Hall–Kier alpha value is -2.28. The van der Waals surface area contributed by atoms with Gasteiger partial charge in [-0.3, -0.25) is 4.79 Å². The highest BCUT2D eigenvalue weighted by atomic mass is 35.5. The third-order valence-electron chi connectivity index (χ3n) is 2.97. The van der Waals surface area contributed by atoms with Gasteiger partial charge in [-0.1, -0.05) is 35.6 Å². The van der Waals surface area contributed by atoms with Gasteiger partial charge < -0.3 is 11.1 Å². The van der Waals surface area contributed by atoms with Crippen LogP contribution in [0, 0.1) is 18.8 Å². The molecule has 0 fully saturated rings. The maximum Gasteiger partial charge on any atom is 0.255 e. The van der Waals surface area contributed by atoms with Crippen molar-refractivity contribution in [1.82, 2.24) is 0 Å². The maximum atomic E-state index is 12.3. The van der Waals surface area contributed by atoms with E-state index in [1.165, 1.54) is 0 Å². The molecule has 0 aliphatic rings. The second-order valence-corrected chi connectivity index (χ2v) is 4.86. The summed E-state index contributed by atoms with van der Waals surface area (Å²) in [6.07, 6.45) is 0. The second-order valence-electron chi connectivity index (χ2n) is 4.45. The van der Waals surface area contributed by atoms with Crippen molar-refractivity contribution >= 4 is 23.2 Å². The van der Waals surface area contributed by atoms with Crippen molar-refractivity contribution in [3.63, 3.8) is 0 Å². The minimum absolute atomic E-state index is 0.195. The minimum atomic E-state index is -0.195. The Morgan fingerprint density at radius 3 is 2.81 bits per heavy atom. The van der Waals surface area contributed by atoms with E-state index in [2.05, 4.69) is 17.2 Å². The molecule has 2 aromatic carbocycles. The van der Waals surface area contributed by atoms with E-state index in [4.69, 9.17) is 17.3 Å². The van der Waals surface area contributed by atoms with Crippen LogP contribution in [0.1, 0.15) is 21.5 Å². The van der Waals surface area contributed by atoms with E-state index in [1.807, 2.05) is 25.1 Å². The number of anilines is 1. The molecule has 0 aliphatic carbocycles. The van der Waals surface area contributed by atoms with Gasteiger partial charge in [-0.2, -0.15) is 0 Å². The molecule has 0 spiro atoms. The smallest absolute Gasteiger partial charge is 0.255 e. The summed E-state index contributed by atoms with van der Waals surface area (Å²) < 4.78 is 0. The predicted molar refractivity (Wildman–Crippen MR) is 86.5 cm³/mol. The van der Waals surface area contributed by atoms with Crippen molar-refractivity contribution in [2.24, 2.45) is 5.73 Å². The van der Waals surface area contributed by atoms with Crippen LogP contribution >= 0.6 is 11.6 Å². The first kappa shape index (κ1) is 15.1. The Morgan fingerprint density at radius 1 is 1.29 bits per heavy atom. The van der Waals surface area contributed by atoms with Crippen LogP contribution in [0.4, 0.5) is 5.69 Å². The first-order valence-corrected chi connectivity index (χ1v) is 6.85. The van der Waals surface area contributed by atoms with Crippen LogP contribution in [0.25, 0.3) is 0 Å². The van der Waals surface area contributed by atoms with Gasteiger partial charge in [-0.15, -0.1) is 0 Å². The molecule has 2 rings (SSSR count). The van der Waals surface area contributed by atoms with Crippen LogP contribution in [-0.4, -0.2) is 12.5 Å². The summed E-state index contributed by atoms with van der Waals surface area (Å²) in [5, 5.41) is 3.42. The van der Waals surface area contributed by atoms with Gasteiger partial charge >= 0.3 is 0 Å². The number of rotatable bonds is 2. The highest BCUT2D eigenvalue weighted by Crippen LogP contribution is 2.20. The second kappa shape index (κ2) is 6.94. The number of benzene rings is 2. The Bertz CT molecular complexity index is 729. The molecular weight excluding hydrogens is 284 g/mol. The zero-order chi connectivity index (χ0) is 15.2. The summed E-state index contributed by atoms with van der Waals surface area (Å²) in [5.41, 5.74) is 8.15. The van der Waals surface area contributed by atoms with Crippen LogP contribution in [0.15, 0.2) is 42.5 Å². The lowest BCUT2D eigenvalue weighted by Crippen LogP contribution is -2.13. The molecule has 3 nitrogen and oxygen atoms in total. The van der Waals surface area contributed by atoms with Crippen LogP contribution in [0.5, 0.6) is 0 Å². The van der Waals surface area contributed by atoms with Gasteiger partial charge in [-0.25, -0.2) is 0 Å². The normalized spacial score (nSPS) is 9.67. The molecule has 0 aliphatic heterocycles. The molecule has 0 saturated carbocycles. The third-order valence-corrected chi connectivity index (χ3v) is 3.38. The quantitative estimate of drug-likeness (QED) is 0.837. The van der Waals surface area contributed by atoms with Crippen molar-refractivity contribution in [2.75, 3.05) is 11.9 Å². The summed E-state index contributed by atoms with van der Waals surface area (Å²) >= 11 is 6.03. The number of halogens is 1. The fourth-order valence-electron chi connectivity index (χ4n) is 1.88. The van der Waals surface area contributed by atoms with Crippen LogP contribution in [0.2, 0.25) is 5.02 Å². The SMILES string of the molecule is Cc1c(Cl)cccc1C(=O)Nc1cccc(C#CCN)c1. The fraction of sp³-hybridized carbons (Fsp3) is 0.118.